The van der Waals surface area contributed by atoms with Crippen molar-refractivity contribution in [3.63, 3.8) is 0 Å². The number of carbonyl (C=O) groups is 1. The van der Waals surface area contributed by atoms with Gasteiger partial charge in [0.05, 0.1) is 19.3 Å². The molecule has 0 aromatic carbocycles. The van der Waals surface area contributed by atoms with Crippen molar-refractivity contribution in [3.05, 3.63) is 0 Å². The van der Waals surface area contributed by atoms with E-state index in [-0.39, 0.29) is 0 Å². The average molecular weight is 342 g/mol. The fourth-order valence-corrected chi connectivity index (χ4v) is 2.00. The van der Waals surface area contributed by atoms with Gasteiger partial charge in [0.1, 0.15) is 30.5 Å². The number of hydrogen-bond acceptors (Lipinski definition) is 10. The summed E-state index contributed by atoms with van der Waals surface area (Å²) >= 11 is 0. The maximum Gasteiger partial charge on any atom is 0.332 e. The van der Waals surface area contributed by atoms with Crippen LogP contribution in [0.25, 0.3) is 0 Å². The molecule has 1 aliphatic rings. The number of rotatable bonds is 8. The SMILES string of the molecule is O=C(O)[C@@H](O)C[C@H](O)[C@H](O)CO[C@H]1O[C@H](CO)[C@H](O)[C@H](O)[C@H]1O. The fourth-order valence-electron chi connectivity index (χ4n) is 2.00. The van der Waals surface area contributed by atoms with Gasteiger partial charge in [0.2, 0.25) is 0 Å². The molecule has 0 aromatic heterocycles. The van der Waals surface area contributed by atoms with Crippen LogP contribution in [0.5, 0.6) is 0 Å². The number of carboxylic acids is 1. The van der Waals surface area contributed by atoms with Crippen molar-refractivity contribution in [2.24, 2.45) is 0 Å². The Balaban J connectivity index is 2.51. The van der Waals surface area contributed by atoms with E-state index >= 15 is 0 Å². The van der Waals surface area contributed by atoms with E-state index in [1.165, 1.54) is 0 Å². The van der Waals surface area contributed by atoms with Crippen LogP contribution in [0, 0.1) is 0 Å². The number of hydrogen-bond donors (Lipinski definition) is 8. The van der Waals surface area contributed by atoms with Gasteiger partial charge in [-0.2, -0.15) is 0 Å². The summed E-state index contributed by atoms with van der Waals surface area (Å²) in [6.07, 6.45) is -13.3. The lowest BCUT2D eigenvalue weighted by Gasteiger charge is -2.39. The summed E-state index contributed by atoms with van der Waals surface area (Å²) in [5.41, 5.74) is 0. The molecule has 1 rings (SSSR count). The maximum absolute atomic E-state index is 10.4. The first-order valence-corrected chi connectivity index (χ1v) is 6.88. The lowest BCUT2D eigenvalue weighted by molar-refractivity contribution is -0.306. The van der Waals surface area contributed by atoms with E-state index in [2.05, 4.69) is 0 Å². The van der Waals surface area contributed by atoms with E-state index < -0.39 is 74.6 Å². The van der Waals surface area contributed by atoms with Crippen molar-refractivity contribution < 1.29 is 55.1 Å². The van der Waals surface area contributed by atoms with Gasteiger partial charge in [-0.1, -0.05) is 0 Å². The predicted octanol–water partition coefficient (Wildman–Crippen LogP) is -4.64. The zero-order chi connectivity index (χ0) is 17.7. The second-order valence-electron chi connectivity index (χ2n) is 5.26. The summed E-state index contributed by atoms with van der Waals surface area (Å²) < 4.78 is 9.99. The van der Waals surface area contributed by atoms with Crippen LogP contribution >= 0.6 is 0 Å². The minimum absolute atomic E-state index is 0.615. The fraction of sp³-hybridized carbons (Fsp3) is 0.917. The summed E-state index contributed by atoms with van der Waals surface area (Å²) in [6.45, 7) is -1.27. The first kappa shape index (κ1) is 20.2. The Kier molecular flexibility index (Phi) is 7.73. The van der Waals surface area contributed by atoms with Gasteiger partial charge in [0.25, 0.3) is 0 Å². The highest BCUT2D eigenvalue weighted by molar-refractivity contribution is 5.71. The molecular weight excluding hydrogens is 320 g/mol. The molecule has 11 heteroatoms. The molecule has 136 valence electrons. The van der Waals surface area contributed by atoms with E-state index in [1.54, 1.807) is 0 Å². The molecule has 0 aromatic rings. The molecule has 0 amide bonds. The average Bonchev–Trinajstić information content (AvgIpc) is 2.51. The molecule has 1 aliphatic heterocycles. The van der Waals surface area contributed by atoms with Crippen LogP contribution < -0.4 is 0 Å². The van der Waals surface area contributed by atoms with Crippen LogP contribution in [-0.2, 0) is 14.3 Å². The van der Waals surface area contributed by atoms with Gasteiger partial charge >= 0.3 is 5.97 Å². The predicted molar refractivity (Wildman–Crippen MR) is 70.0 cm³/mol. The van der Waals surface area contributed by atoms with Gasteiger partial charge in [0, 0.05) is 6.42 Å². The second kappa shape index (κ2) is 8.82. The van der Waals surface area contributed by atoms with Gasteiger partial charge < -0.3 is 50.3 Å². The zero-order valence-electron chi connectivity index (χ0n) is 12.0. The third kappa shape index (κ3) is 5.31. The lowest BCUT2D eigenvalue weighted by atomic mass is 9.99. The quantitative estimate of drug-likeness (QED) is 0.211. The lowest BCUT2D eigenvalue weighted by Crippen LogP contribution is -2.59. The monoisotopic (exact) mass is 342 g/mol. The smallest absolute Gasteiger partial charge is 0.332 e. The highest BCUT2D eigenvalue weighted by Gasteiger charge is 2.44. The molecule has 23 heavy (non-hydrogen) atoms. The molecular formula is C12H22O11. The molecule has 11 nitrogen and oxygen atoms in total. The molecule has 8 N–H and O–H groups in total. The van der Waals surface area contributed by atoms with Crippen molar-refractivity contribution >= 4 is 5.97 Å². The Labute approximate surface area is 130 Å². The Morgan fingerprint density at radius 2 is 1.65 bits per heavy atom. The van der Waals surface area contributed by atoms with Gasteiger partial charge in [-0.25, -0.2) is 4.79 Å². The number of carboxylic acid groups (broad SMARTS) is 1. The molecule has 1 saturated heterocycles. The Bertz CT molecular complexity index is 376. The number of aliphatic hydroxyl groups excluding tert-OH is 7. The third-order valence-corrected chi connectivity index (χ3v) is 3.47. The molecule has 0 aliphatic carbocycles. The van der Waals surface area contributed by atoms with Crippen molar-refractivity contribution in [1.82, 2.24) is 0 Å². The van der Waals surface area contributed by atoms with Crippen molar-refractivity contribution in [3.8, 4) is 0 Å². The molecule has 1 heterocycles. The highest BCUT2D eigenvalue weighted by atomic mass is 16.7. The Morgan fingerprint density at radius 3 is 2.17 bits per heavy atom. The van der Waals surface area contributed by atoms with E-state index in [0.29, 0.717) is 0 Å². The van der Waals surface area contributed by atoms with Crippen LogP contribution in [0.15, 0.2) is 0 Å². The molecule has 1 fully saturated rings. The third-order valence-electron chi connectivity index (χ3n) is 3.47. The molecule has 0 spiro atoms. The summed E-state index contributed by atoms with van der Waals surface area (Å²) in [7, 11) is 0. The molecule has 0 radical (unpaired) electrons. The van der Waals surface area contributed by atoms with Gasteiger partial charge in [-0.3, -0.25) is 0 Å². The van der Waals surface area contributed by atoms with Crippen LogP contribution in [0.1, 0.15) is 6.42 Å². The standard InChI is InChI=1S/C12H22O11/c13-2-7-8(17)9(18)10(19)12(23-7)22-3-6(16)4(14)1-5(15)11(20)21/h4-10,12-19H,1-3H2,(H,20,21)/t4-,5-,6+,7+,8-,9-,10+,12-/m0/s1. The molecule has 8 atom stereocenters. The number of ether oxygens (including phenoxy) is 2. The highest BCUT2D eigenvalue weighted by Crippen LogP contribution is 2.22. The topological polar surface area (TPSA) is 197 Å². The second-order valence-corrected chi connectivity index (χ2v) is 5.26. The van der Waals surface area contributed by atoms with E-state index in [9.17, 15) is 30.3 Å². The Morgan fingerprint density at radius 1 is 1.04 bits per heavy atom. The minimum atomic E-state index is -1.87. The maximum atomic E-state index is 10.4. The minimum Gasteiger partial charge on any atom is -0.479 e. The summed E-state index contributed by atoms with van der Waals surface area (Å²) in [5, 5.41) is 74.5. The van der Waals surface area contributed by atoms with Crippen LogP contribution in [-0.4, -0.2) is 109 Å². The zero-order valence-corrected chi connectivity index (χ0v) is 12.0. The van der Waals surface area contributed by atoms with E-state index in [0.717, 1.165) is 0 Å². The van der Waals surface area contributed by atoms with E-state index in [4.69, 9.17) is 24.8 Å². The molecule has 0 bridgehead atoms. The van der Waals surface area contributed by atoms with Crippen molar-refractivity contribution in [2.45, 2.75) is 55.4 Å². The van der Waals surface area contributed by atoms with Gasteiger partial charge in [-0.05, 0) is 0 Å². The molecule has 0 unspecified atom stereocenters. The van der Waals surface area contributed by atoms with Gasteiger partial charge in [0.15, 0.2) is 12.4 Å². The number of aliphatic hydroxyl groups is 7. The first-order chi connectivity index (χ1) is 10.7. The van der Waals surface area contributed by atoms with Gasteiger partial charge in [-0.15, -0.1) is 0 Å². The van der Waals surface area contributed by atoms with Crippen LogP contribution in [0.3, 0.4) is 0 Å². The Hall–Kier alpha value is -0.890. The van der Waals surface area contributed by atoms with E-state index in [1.807, 2.05) is 0 Å². The normalized spacial score (nSPS) is 35.5. The van der Waals surface area contributed by atoms with Crippen LogP contribution in [0.2, 0.25) is 0 Å². The van der Waals surface area contributed by atoms with Crippen molar-refractivity contribution in [1.29, 1.82) is 0 Å². The number of aliphatic carboxylic acids is 1. The summed E-state index contributed by atoms with van der Waals surface area (Å²) in [6, 6.07) is 0. The van der Waals surface area contributed by atoms with Crippen molar-refractivity contribution in [2.75, 3.05) is 13.2 Å². The summed E-state index contributed by atoms with van der Waals surface area (Å²) in [5.74, 6) is -1.56. The summed E-state index contributed by atoms with van der Waals surface area (Å²) in [4.78, 5) is 10.4. The largest absolute Gasteiger partial charge is 0.479 e. The first-order valence-electron chi connectivity index (χ1n) is 6.88. The van der Waals surface area contributed by atoms with Crippen LogP contribution in [0.4, 0.5) is 0 Å². The molecule has 0 saturated carbocycles.